The molecule has 0 saturated carbocycles. The average molecular weight is 376 g/mol. The number of hydrogen-bond donors (Lipinski definition) is 1. The molecule has 120 valence electrons. The second-order valence-electron chi connectivity index (χ2n) is 5.47. The monoisotopic (exact) mass is 375 g/mol. The molecule has 1 aliphatic rings. The van der Waals surface area contributed by atoms with E-state index in [1.807, 2.05) is 42.5 Å². The summed E-state index contributed by atoms with van der Waals surface area (Å²) < 4.78 is 12.1. The summed E-state index contributed by atoms with van der Waals surface area (Å²) in [5, 5.41) is 3.18. The fourth-order valence-electron chi connectivity index (χ4n) is 2.53. The summed E-state index contributed by atoms with van der Waals surface area (Å²) in [4.78, 5) is 11.8. The Balaban J connectivity index is 1.94. The van der Waals surface area contributed by atoms with Crippen LogP contribution in [0.3, 0.4) is 0 Å². The first-order chi connectivity index (χ1) is 11.2. The molecule has 1 saturated heterocycles. The van der Waals surface area contributed by atoms with Gasteiger partial charge in [-0.1, -0.05) is 34.1 Å². The summed E-state index contributed by atoms with van der Waals surface area (Å²) in [5.41, 5.74) is 1.79. The fraction of sp³-hybridized carbons (Fsp3) is 0.278. The van der Waals surface area contributed by atoms with E-state index in [1.54, 1.807) is 7.11 Å². The molecule has 2 aromatic rings. The first-order valence-corrected chi connectivity index (χ1v) is 8.26. The van der Waals surface area contributed by atoms with E-state index in [1.165, 1.54) is 0 Å². The second-order valence-corrected chi connectivity index (χ2v) is 6.38. The molecule has 1 N–H and O–H groups in total. The summed E-state index contributed by atoms with van der Waals surface area (Å²) in [6, 6.07) is 13.3. The van der Waals surface area contributed by atoms with Crippen LogP contribution in [0, 0.1) is 0 Å². The highest BCUT2D eigenvalue weighted by atomic mass is 79.9. The summed E-state index contributed by atoms with van der Waals surface area (Å²) in [6.07, 6.45) is 1.11. The predicted molar refractivity (Wildman–Crippen MR) is 92.3 cm³/mol. The van der Waals surface area contributed by atoms with Crippen LogP contribution in [-0.4, -0.2) is 32.6 Å². The lowest BCUT2D eigenvalue weighted by Gasteiger charge is -2.29. The van der Waals surface area contributed by atoms with E-state index in [4.69, 9.17) is 9.47 Å². The van der Waals surface area contributed by atoms with Crippen LogP contribution >= 0.6 is 15.9 Å². The van der Waals surface area contributed by atoms with Gasteiger partial charge in [0.05, 0.1) is 13.0 Å². The third-order valence-electron chi connectivity index (χ3n) is 3.96. The SMILES string of the molecule is COc1ccc(C(C=O)c2ccc(Br)cc2OC2CNC2)cc1. The maximum absolute atomic E-state index is 11.8. The van der Waals surface area contributed by atoms with Gasteiger partial charge in [-0.2, -0.15) is 0 Å². The lowest BCUT2D eigenvalue weighted by atomic mass is 9.92. The number of nitrogens with one attached hydrogen (secondary N) is 1. The molecule has 2 aromatic carbocycles. The Morgan fingerprint density at radius 1 is 1.22 bits per heavy atom. The molecular formula is C18H18BrNO3. The van der Waals surface area contributed by atoms with Crippen molar-refractivity contribution >= 4 is 22.2 Å². The first-order valence-electron chi connectivity index (χ1n) is 7.47. The van der Waals surface area contributed by atoms with E-state index in [-0.39, 0.29) is 12.0 Å². The van der Waals surface area contributed by atoms with Crippen LogP contribution in [0.5, 0.6) is 11.5 Å². The number of hydrogen-bond acceptors (Lipinski definition) is 4. The number of aldehydes is 1. The molecule has 1 atom stereocenters. The van der Waals surface area contributed by atoms with E-state index in [0.29, 0.717) is 0 Å². The van der Waals surface area contributed by atoms with Crippen molar-refractivity contribution in [1.29, 1.82) is 0 Å². The molecule has 4 nitrogen and oxygen atoms in total. The van der Waals surface area contributed by atoms with E-state index in [9.17, 15) is 4.79 Å². The Morgan fingerprint density at radius 2 is 1.96 bits per heavy atom. The molecule has 1 heterocycles. The van der Waals surface area contributed by atoms with Crippen molar-refractivity contribution in [3.8, 4) is 11.5 Å². The van der Waals surface area contributed by atoms with Gasteiger partial charge in [-0.3, -0.25) is 0 Å². The molecule has 1 fully saturated rings. The van der Waals surface area contributed by atoms with E-state index < -0.39 is 0 Å². The fourth-order valence-corrected chi connectivity index (χ4v) is 2.88. The Bertz CT molecular complexity index is 683. The highest BCUT2D eigenvalue weighted by Crippen LogP contribution is 2.34. The van der Waals surface area contributed by atoms with Crippen LogP contribution in [0.15, 0.2) is 46.9 Å². The predicted octanol–water partition coefficient (Wildman–Crippen LogP) is 3.14. The van der Waals surface area contributed by atoms with Gasteiger partial charge in [0, 0.05) is 23.1 Å². The van der Waals surface area contributed by atoms with Crippen molar-refractivity contribution in [2.45, 2.75) is 12.0 Å². The highest BCUT2D eigenvalue weighted by molar-refractivity contribution is 9.10. The molecule has 5 heteroatoms. The van der Waals surface area contributed by atoms with Gasteiger partial charge in [-0.15, -0.1) is 0 Å². The smallest absolute Gasteiger partial charge is 0.131 e. The number of benzene rings is 2. The molecule has 0 bridgehead atoms. The summed E-state index contributed by atoms with van der Waals surface area (Å²) in [5.74, 6) is 1.15. The normalized spacial score (nSPS) is 15.6. The van der Waals surface area contributed by atoms with E-state index >= 15 is 0 Å². The lowest BCUT2D eigenvalue weighted by molar-refractivity contribution is -0.108. The minimum atomic E-state index is -0.364. The number of rotatable bonds is 6. The van der Waals surface area contributed by atoms with Crippen LogP contribution in [-0.2, 0) is 4.79 Å². The second kappa shape index (κ2) is 7.15. The van der Waals surface area contributed by atoms with Gasteiger partial charge in [0.2, 0.25) is 0 Å². The molecule has 0 aliphatic carbocycles. The summed E-state index contributed by atoms with van der Waals surface area (Å²) in [6.45, 7) is 1.67. The average Bonchev–Trinajstić information content (AvgIpc) is 2.54. The van der Waals surface area contributed by atoms with Crippen LogP contribution in [0.2, 0.25) is 0 Å². The minimum Gasteiger partial charge on any atom is -0.497 e. The number of carbonyl (C=O) groups excluding carboxylic acids is 1. The van der Waals surface area contributed by atoms with Crippen molar-refractivity contribution in [2.24, 2.45) is 0 Å². The maximum atomic E-state index is 11.8. The van der Waals surface area contributed by atoms with Gasteiger partial charge < -0.3 is 19.6 Å². The molecule has 0 aromatic heterocycles. The topological polar surface area (TPSA) is 47.6 Å². The zero-order valence-electron chi connectivity index (χ0n) is 12.8. The van der Waals surface area contributed by atoms with Crippen molar-refractivity contribution < 1.29 is 14.3 Å². The third-order valence-corrected chi connectivity index (χ3v) is 4.45. The molecule has 1 unspecified atom stereocenters. The first kappa shape index (κ1) is 16.0. The molecule has 23 heavy (non-hydrogen) atoms. The standard InChI is InChI=1S/C18H18BrNO3/c1-22-14-5-2-12(3-6-14)17(11-21)16-7-4-13(19)8-18(16)23-15-9-20-10-15/h2-8,11,15,17,20H,9-10H2,1H3. The quantitative estimate of drug-likeness (QED) is 0.787. The molecule has 3 rings (SSSR count). The number of ether oxygens (including phenoxy) is 2. The van der Waals surface area contributed by atoms with Crippen LogP contribution in [0.25, 0.3) is 0 Å². The van der Waals surface area contributed by atoms with Crippen molar-refractivity contribution in [2.75, 3.05) is 20.2 Å². The van der Waals surface area contributed by atoms with Crippen molar-refractivity contribution in [1.82, 2.24) is 5.32 Å². The Kier molecular flexibility index (Phi) is 4.98. The summed E-state index contributed by atoms with van der Waals surface area (Å²) in [7, 11) is 1.62. The zero-order valence-corrected chi connectivity index (χ0v) is 14.4. The summed E-state index contributed by atoms with van der Waals surface area (Å²) >= 11 is 3.47. The van der Waals surface area contributed by atoms with Gasteiger partial charge >= 0.3 is 0 Å². The van der Waals surface area contributed by atoms with Gasteiger partial charge in [-0.25, -0.2) is 0 Å². The van der Waals surface area contributed by atoms with Crippen molar-refractivity contribution in [3.05, 3.63) is 58.1 Å². The number of carbonyl (C=O) groups is 1. The maximum Gasteiger partial charge on any atom is 0.131 e. The lowest BCUT2D eigenvalue weighted by Crippen LogP contribution is -2.50. The van der Waals surface area contributed by atoms with Crippen LogP contribution < -0.4 is 14.8 Å². The Morgan fingerprint density at radius 3 is 2.52 bits per heavy atom. The molecule has 0 radical (unpaired) electrons. The molecule has 0 amide bonds. The highest BCUT2D eigenvalue weighted by Gasteiger charge is 2.23. The van der Waals surface area contributed by atoms with Crippen LogP contribution in [0.1, 0.15) is 17.0 Å². The zero-order chi connectivity index (χ0) is 16.2. The van der Waals surface area contributed by atoms with Gasteiger partial charge in [0.25, 0.3) is 0 Å². The van der Waals surface area contributed by atoms with Crippen LogP contribution in [0.4, 0.5) is 0 Å². The number of halogens is 1. The number of methoxy groups -OCH3 is 1. The molecule has 0 spiro atoms. The van der Waals surface area contributed by atoms with Crippen molar-refractivity contribution in [3.63, 3.8) is 0 Å². The Labute approximate surface area is 143 Å². The van der Waals surface area contributed by atoms with Gasteiger partial charge in [0.1, 0.15) is 23.9 Å². The molecule has 1 aliphatic heterocycles. The largest absolute Gasteiger partial charge is 0.497 e. The van der Waals surface area contributed by atoms with Gasteiger partial charge in [-0.05, 0) is 29.8 Å². The van der Waals surface area contributed by atoms with Gasteiger partial charge in [0.15, 0.2) is 0 Å². The molecular weight excluding hydrogens is 358 g/mol. The van der Waals surface area contributed by atoms with E-state index in [0.717, 1.165) is 46.5 Å². The minimum absolute atomic E-state index is 0.159. The third kappa shape index (κ3) is 3.57. The Hall–Kier alpha value is -1.85. The van der Waals surface area contributed by atoms with E-state index in [2.05, 4.69) is 21.2 Å².